The van der Waals surface area contributed by atoms with Crippen molar-refractivity contribution >= 4 is 29.5 Å². The van der Waals surface area contributed by atoms with E-state index in [1.165, 1.54) is 16.7 Å². The molecule has 3 fully saturated rings. The third-order valence-electron chi connectivity index (χ3n) is 15.2. The quantitative estimate of drug-likeness (QED) is 0.0957. The molecule has 3 aliphatic rings. The van der Waals surface area contributed by atoms with Crippen LogP contribution in [0.2, 0.25) is 0 Å². The largest absolute Gasteiger partial charge is 0.380 e. The summed E-state index contributed by atoms with van der Waals surface area (Å²) in [6.07, 6.45) is 10.9. The number of likely N-dealkylation sites (tertiary alicyclic amines) is 1. The molecule has 1 heterocycles. The summed E-state index contributed by atoms with van der Waals surface area (Å²) in [5, 5.41) is 6.13. The number of rotatable bonds is 25. The van der Waals surface area contributed by atoms with Crippen LogP contribution in [0.1, 0.15) is 124 Å². The van der Waals surface area contributed by atoms with Crippen molar-refractivity contribution in [3.63, 3.8) is 0 Å². The summed E-state index contributed by atoms with van der Waals surface area (Å²) in [5.41, 5.74) is 4.37. The summed E-state index contributed by atoms with van der Waals surface area (Å²) in [6, 6.07) is 19.9. The molecule has 9 heteroatoms. The lowest BCUT2D eigenvalue weighted by molar-refractivity contribution is -0.142. The topological polar surface area (TPSA) is 114 Å². The van der Waals surface area contributed by atoms with Crippen molar-refractivity contribution in [2.45, 2.75) is 150 Å². The Balaban J connectivity index is 1.24. The number of likely N-dealkylation sites (N-methyl/N-ethyl adjacent to an activating group) is 1. The standard InChI is InChI=1S/C54H79N3O6/c1-12-38(7)54(34-43(54)37(6)30-46(59)49(35(2)3)56-52(61)50(55-9)36(4)5)47(62-10)31-48(60)57-29-19-24-44(57)51(63-11)39(8)45(58)26-25-42-33-53(42,32-41-22-17-14-18-23-41)28-27-40-20-15-13-16-21-40/h13-18,20-23,27-28,35-36,38-39,42,44,47,49-51,55H,12,19,24-26,29-34H2,1-11H3,(H,56,61)/b28-27+,43-37+/t38-,39-,42-,44-,47+,49-,50-,51+,53-,54-/m0/s1. The molecule has 2 aromatic carbocycles. The molecule has 2 N–H and O–H groups in total. The van der Waals surface area contributed by atoms with E-state index in [-0.39, 0.29) is 88.9 Å². The third-order valence-corrected chi connectivity index (χ3v) is 15.2. The van der Waals surface area contributed by atoms with Crippen LogP contribution in [-0.4, -0.2) is 86.4 Å². The number of hydrogen-bond acceptors (Lipinski definition) is 7. The monoisotopic (exact) mass is 866 g/mol. The Bertz CT molecular complexity index is 1910. The lowest BCUT2D eigenvalue weighted by atomic mass is 9.80. The molecule has 5 rings (SSSR count). The minimum Gasteiger partial charge on any atom is -0.380 e. The van der Waals surface area contributed by atoms with Gasteiger partial charge in [-0.3, -0.25) is 19.2 Å². The van der Waals surface area contributed by atoms with Crippen LogP contribution in [0.4, 0.5) is 0 Å². The number of nitrogens with zero attached hydrogens (tertiary/aromatic N) is 1. The maximum Gasteiger partial charge on any atom is 0.237 e. The fourth-order valence-electron chi connectivity index (χ4n) is 11.1. The molecule has 63 heavy (non-hydrogen) atoms. The lowest BCUT2D eigenvalue weighted by Gasteiger charge is -2.36. The van der Waals surface area contributed by atoms with Crippen molar-refractivity contribution < 1.29 is 28.7 Å². The number of benzene rings is 2. The molecule has 0 bridgehead atoms. The second kappa shape index (κ2) is 22.3. The van der Waals surface area contributed by atoms with Gasteiger partial charge in [-0.25, -0.2) is 0 Å². The first-order chi connectivity index (χ1) is 30.1. The molecule has 1 aliphatic heterocycles. The number of carbonyl (C=O) groups is 4. The Labute approximate surface area is 379 Å². The smallest absolute Gasteiger partial charge is 0.237 e. The van der Waals surface area contributed by atoms with E-state index in [1.807, 2.05) is 52.5 Å². The molecule has 1 saturated heterocycles. The number of nitrogens with one attached hydrogen (secondary N) is 2. The van der Waals surface area contributed by atoms with Gasteiger partial charge in [0.1, 0.15) is 5.78 Å². The van der Waals surface area contributed by atoms with E-state index in [0.717, 1.165) is 50.5 Å². The Morgan fingerprint density at radius 3 is 2.13 bits per heavy atom. The van der Waals surface area contributed by atoms with Crippen molar-refractivity contribution in [2.75, 3.05) is 27.8 Å². The molecule has 0 spiro atoms. The van der Waals surface area contributed by atoms with Gasteiger partial charge in [0, 0.05) is 44.9 Å². The average Bonchev–Trinajstić information content (AvgIpc) is 4.13. The maximum absolute atomic E-state index is 14.5. The average molecular weight is 866 g/mol. The minimum atomic E-state index is -0.599. The number of carbonyl (C=O) groups excluding carboxylic acids is 4. The second-order valence-electron chi connectivity index (χ2n) is 19.9. The van der Waals surface area contributed by atoms with Crippen LogP contribution >= 0.6 is 0 Å². The van der Waals surface area contributed by atoms with Crippen molar-refractivity contribution in [1.82, 2.24) is 15.5 Å². The Morgan fingerprint density at radius 1 is 0.889 bits per heavy atom. The number of allylic oxidation sites excluding steroid dienone is 2. The van der Waals surface area contributed by atoms with Gasteiger partial charge >= 0.3 is 0 Å². The summed E-state index contributed by atoms with van der Waals surface area (Å²) in [4.78, 5) is 57.5. The first-order valence-electron chi connectivity index (χ1n) is 23.9. The zero-order valence-corrected chi connectivity index (χ0v) is 40.4. The minimum absolute atomic E-state index is 0.00493. The van der Waals surface area contributed by atoms with Crippen LogP contribution in [-0.2, 0) is 35.1 Å². The molecule has 2 saturated carbocycles. The van der Waals surface area contributed by atoms with E-state index in [0.29, 0.717) is 18.9 Å². The summed E-state index contributed by atoms with van der Waals surface area (Å²) >= 11 is 0. The molecule has 0 radical (unpaired) electrons. The zero-order chi connectivity index (χ0) is 46.1. The predicted octanol–water partition coefficient (Wildman–Crippen LogP) is 9.44. The Morgan fingerprint density at radius 2 is 1.54 bits per heavy atom. The first-order valence-corrected chi connectivity index (χ1v) is 23.9. The van der Waals surface area contributed by atoms with Gasteiger partial charge in [-0.2, -0.15) is 0 Å². The molecule has 346 valence electrons. The highest BCUT2D eigenvalue weighted by Crippen LogP contribution is 2.64. The van der Waals surface area contributed by atoms with Gasteiger partial charge in [-0.15, -0.1) is 0 Å². The van der Waals surface area contributed by atoms with Gasteiger partial charge in [0.05, 0.1) is 36.8 Å². The summed E-state index contributed by atoms with van der Waals surface area (Å²) in [5.74, 6) is 0.356. The molecule has 0 aromatic heterocycles. The van der Waals surface area contributed by atoms with Gasteiger partial charge in [0.2, 0.25) is 11.8 Å². The highest BCUT2D eigenvalue weighted by molar-refractivity contribution is 5.92. The highest BCUT2D eigenvalue weighted by atomic mass is 16.5. The van der Waals surface area contributed by atoms with Crippen molar-refractivity contribution in [3.05, 3.63) is 89.0 Å². The van der Waals surface area contributed by atoms with Crippen molar-refractivity contribution in [1.29, 1.82) is 0 Å². The lowest BCUT2D eigenvalue weighted by Crippen LogP contribution is -2.53. The summed E-state index contributed by atoms with van der Waals surface area (Å²) in [6.45, 7) is 16.9. The van der Waals surface area contributed by atoms with Gasteiger partial charge < -0.3 is 25.0 Å². The van der Waals surface area contributed by atoms with Crippen LogP contribution in [0.5, 0.6) is 0 Å². The van der Waals surface area contributed by atoms with Gasteiger partial charge in [0.25, 0.3) is 0 Å². The van der Waals surface area contributed by atoms with Crippen molar-refractivity contribution in [3.8, 4) is 0 Å². The van der Waals surface area contributed by atoms with Crippen LogP contribution in [0.3, 0.4) is 0 Å². The SMILES string of the molecule is CC[C@H](C)[C@@]1([C@@H](CC(=O)N2CCC[C@H]2[C@H](OC)[C@@H](C)C(=O)CC[C@H]2C[C@]2(/C=C/c2ccccc2)Cc2ccccc2)OC)C/C1=C(/C)CC(=O)[C@@H](NC(=O)[C@@H](NC)C(C)C)C(C)C. The van der Waals surface area contributed by atoms with Gasteiger partial charge in [-0.1, -0.05) is 139 Å². The maximum atomic E-state index is 14.5. The second-order valence-corrected chi connectivity index (χ2v) is 19.9. The molecule has 0 unspecified atom stereocenters. The normalized spacial score (nSPS) is 25.7. The fraction of sp³-hybridized carbons (Fsp3) is 0.630. The van der Waals surface area contributed by atoms with Crippen LogP contribution < -0.4 is 10.6 Å². The van der Waals surface area contributed by atoms with E-state index < -0.39 is 12.1 Å². The van der Waals surface area contributed by atoms with E-state index in [2.05, 4.69) is 91.2 Å². The fourth-order valence-corrected chi connectivity index (χ4v) is 11.1. The molecule has 2 aromatic rings. The molecular formula is C54H79N3O6. The first kappa shape index (κ1) is 50.1. The summed E-state index contributed by atoms with van der Waals surface area (Å²) < 4.78 is 12.4. The Hall–Kier alpha value is -3.92. The number of ketones is 2. The van der Waals surface area contributed by atoms with E-state index in [1.54, 1.807) is 21.3 Å². The number of ether oxygens (including phenoxy) is 2. The number of hydrogen-bond donors (Lipinski definition) is 2. The van der Waals surface area contributed by atoms with Crippen LogP contribution in [0.15, 0.2) is 77.9 Å². The van der Waals surface area contributed by atoms with E-state index in [4.69, 9.17) is 9.47 Å². The molecule has 2 amide bonds. The Kier molecular flexibility index (Phi) is 17.7. The highest BCUT2D eigenvalue weighted by Gasteiger charge is 2.59. The number of Topliss-reactive ketones (excluding diaryl/α,β-unsaturated/α-hetero) is 2. The van der Waals surface area contributed by atoms with E-state index in [9.17, 15) is 19.2 Å². The zero-order valence-electron chi connectivity index (χ0n) is 40.4. The van der Waals surface area contributed by atoms with E-state index >= 15 is 0 Å². The summed E-state index contributed by atoms with van der Waals surface area (Å²) in [7, 11) is 5.14. The molecule has 2 aliphatic carbocycles. The molecule has 10 atom stereocenters. The number of amides is 2. The molecular weight excluding hydrogens is 787 g/mol. The molecule has 9 nitrogen and oxygen atoms in total. The van der Waals surface area contributed by atoms with Crippen molar-refractivity contribution in [2.24, 2.45) is 40.4 Å². The van der Waals surface area contributed by atoms with Crippen LogP contribution in [0.25, 0.3) is 6.08 Å². The predicted molar refractivity (Wildman–Crippen MR) is 254 cm³/mol. The number of methoxy groups -OCH3 is 2. The third kappa shape index (κ3) is 11.9. The van der Waals surface area contributed by atoms with Gasteiger partial charge in [-0.05, 0) is 92.7 Å². The van der Waals surface area contributed by atoms with Crippen LogP contribution in [0, 0.1) is 40.4 Å². The van der Waals surface area contributed by atoms with Gasteiger partial charge in [0.15, 0.2) is 5.78 Å².